The van der Waals surface area contributed by atoms with Crippen molar-refractivity contribution in [2.45, 2.75) is 6.92 Å². The van der Waals surface area contributed by atoms with Crippen molar-refractivity contribution < 1.29 is 9.53 Å². The molecule has 0 bridgehead atoms. The van der Waals surface area contributed by atoms with Crippen LogP contribution in [0.3, 0.4) is 0 Å². The Morgan fingerprint density at radius 3 is 2.57 bits per heavy atom. The minimum atomic E-state index is -0.358. The highest BCUT2D eigenvalue weighted by atomic mass is 16.5. The molecule has 0 amide bonds. The van der Waals surface area contributed by atoms with Crippen molar-refractivity contribution >= 4 is 5.97 Å². The first-order valence-corrected chi connectivity index (χ1v) is 4.28. The fourth-order valence-corrected chi connectivity index (χ4v) is 0.854. The molecule has 1 rings (SSSR count). The second-order valence-corrected chi connectivity index (χ2v) is 2.92. The van der Waals surface area contributed by atoms with Crippen molar-refractivity contribution in [2.24, 2.45) is 0 Å². The summed E-state index contributed by atoms with van der Waals surface area (Å²) >= 11 is 0. The van der Waals surface area contributed by atoms with Crippen LogP contribution in [0, 0.1) is 0 Å². The predicted molar refractivity (Wildman–Crippen MR) is 55.8 cm³/mol. The van der Waals surface area contributed by atoms with Crippen LogP contribution in [-0.4, -0.2) is 5.97 Å². The van der Waals surface area contributed by atoms with Crippen LogP contribution in [0.1, 0.15) is 17.3 Å². The van der Waals surface area contributed by atoms with Crippen molar-refractivity contribution in [1.29, 1.82) is 0 Å². The first-order chi connectivity index (χ1) is 6.70. The lowest BCUT2D eigenvalue weighted by Gasteiger charge is -1.97. The summed E-state index contributed by atoms with van der Waals surface area (Å²) in [5, 5.41) is 0. The Labute approximate surface area is 83.5 Å². The summed E-state index contributed by atoms with van der Waals surface area (Å²) in [4.78, 5) is 11.3. The Morgan fingerprint density at radius 1 is 1.36 bits per heavy atom. The molecule has 0 aliphatic carbocycles. The molecule has 0 fully saturated rings. The van der Waals surface area contributed by atoms with E-state index in [2.05, 4.69) is 6.58 Å². The van der Waals surface area contributed by atoms with Gasteiger partial charge in [-0.3, -0.25) is 0 Å². The second kappa shape index (κ2) is 5.02. The molecular formula is C12H12O2. The third kappa shape index (κ3) is 3.27. The molecule has 72 valence electrons. The zero-order valence-corrected chi connectivity index (χ0v) is 8.07. The fourth-order valence-electron chi connectivity index (χ4n) is 0.854. The molecule has 0 saturated carbocycles. The standard InChI is InChI=1S/C12H12O2/c1-10(2)8-9-14-12(13)11-6-4-3-5-7-11/h3-9H,1H2,2H3/b9-8-. The summed E-state index contributed by atoms with van der Waals surface area (Å²) in [5.41, 5.74) is 1.38. The minimum absolute atomic E-state index is 0.358. The summed E-state index contributed by atoms with van der Waals surface area (Å²) < 4.78 is 4.86. The highest BCUT2D eigenvalue weighted by Crippen LogP contribution is 2.01. The van der Waals surface area contributed by atoms with Crippen LogP contribution in [0.4, 0.5) is 0 Å². The number of carbonyl (C=O) groups excluding carboxylic acids is 1. The molecule has 2 heteroatoms. The molecule has 0 spiro atoms. The minimum Gasteiger partial charge on any atom is -0.431 e. The molecule has 1 aromatic carbocycles. The highest BCUT2D eigenvalue weighted by Gasteiger charge is 2.02. The first kappa shape index (κ1) is 10.3. The molecule has 0 radical (unpaired) electrons. The van der Waals surface area contributed by atoms with Crippen LogP contribution >= 0.6 is 0 Å². The zero-order valence-electron chi connectivity index (χ0n) is 8.07. The number of hydrogen-bond acceptors (Lipinski definition) is 2. The smallest absolute Gasteiger partial charge is 0.342 e. The van der Waals surface area contributed by atoms with Crippen LogP contribution in [0.5, 0.6) is 0 Å². The van der Waals surface area contributed by atoms with E-state index in [0.29, 0.717) is 5.56 Å². The number of ether oxygens (including phenoxy) is 1. The lowest BCUT2D eigenvalue weighted by molar-refractivity contribution is 0.0663. The van der Waals surface area contributed by atoms with Crippen molar-refractivity contribution in [3.8, 4) is 0 Å². The Morgan fingerprint density at radius 2 is 2.00 bits per heavy atom. The molecule has 1 aromatic rings. The van der Waals surface area contributed by atoms with Gasteiger partial charge < -0.3 is 4.74 Å². The summed E-state index contributed by atoms with van der Waals surface area (Å²) in [6.45, 7) is 5.47. The molecule has 0 saturated heterocycles. The van der Waals surface area contributed by atoms with E-state index in [4.69, 9.17) is 4.74 Å². The normalized spacial score (nSPS) is 10.1. The fraction of sp³-hybridized carbons (Fsp3) is 0.0833. The van der Waals surface area contributed by atoms with Gasteiger partial charge in [-0.25, -0.2) is 4.79 Å². The molecule has 0 heterocycles. The highest BCUT2D eigenvalue weighted by molar-refractivity contribution is 5.89. The van der Waals surface area contributed by atoms with Gasteiger partial charge in [0.25, 0.3) is 0 Å². The number of esters is 1. The molecule has 0 atom stereocenters. The van der Waals surface area contributed by atoms with E-state index in [9.17, 15) is 4.79 Å². The van der Waals surface area contributed by atoms with Gasteiger partial charge in [-0.1, -0.05) is 30.4 Å². The molecule has 0 aliphatic rings. The molecule has 2 nitrogen and oxygen atoms in total. The van der Waals surface area contributed by atoms with Crippen LogP contribution in [0.25, 0.3) is 0 Å². The first-order valence-electron chi connectivity index (χ1n) is 4.28. The number of allylic oxidation sites excluding steroid dienone is 2. The van der Waals surface area contributed by atoms with E-state index in [-0.39, 0.29) is 5.97 Å². The maximum Gasteiger partial charge on any atom is 0.342 e. The van der Waals surface area contributed by atoms with E-state index >= 15 is 0 Å². The third-order valence-corrected chi connectivity index (χ3v) is 1.54. The molecule has 0 aliphatic heterocycles. The number of hydrogen-bond donors (Lipinski definition) is 0. The second-order valence-electron chi connectivity index (χ2n) is 2.92. The molecule has 0 N–H and O–H groups in total. The van der Waals surface area contributed by atoms with E-state index in [1.807, 2.05) is 13.0 Å². The topological polar surface area (TPSA) is 26.3 Å². The van der Waals surface area contributed by atoms with Gasteiger partial charge in [0.05, 0.1) is 11.8 Å². The number of carbonyl (C=O) groups is 1. The largest absolute Gasteiger partial charge is 0.431 e. The Bertz CT molecular complexity index is 350. The van der Waals surface area contributed by atoms with Crippen molar-refractivity contribution in [2.75, 3.05) is 0 Å². The monoisotopic (exact) mass is 188 g/mol. The van der Waals surface area contributed by atoms with Gasteiger partial charge in [0.1, 0.15) is 0 Å². The third-order valence-electron chi connectivity index (χ3n) is 1.54. The molecule has 0 aromatic heterocycles. The van der Waals surface area contributed by atoms with Gasteiger partial charge in [-0.2, -0.15) is 0 Å². The van der Waals surface area contributed by atoms with Gasteiger partial charge >= 0.3 is 5.97 Å². The summed E-state index contributed by atoms with van der Waals surface area (Å²) in [5.74, 6) is -0.358. The zero-order chi connectivity index (χ0) is 10.4. The SMILES string of the molecule is C=C(C)/C=C\OC(=O)c1ccccc1. The predicted octanol–water partition coefficient (Wildman–Crippen LogP) is 2.93. The Balaban J connectivity index is 2.56. The lowest BCUT2D eigenvalue weighted by Crippen LogP contribution is -1.99. The van der Waals surface area contributed by atoms with Gasteiger partial charge in [0.15, 0.2) is 0 Å². The average molecular weight is 188 g/mol. The van der Waals surface area contributed by atoms with Crippen LogP contribution < -0.4 is 0 Å². The maximum atomic E-state index is 11.3. The van der Waals surface area contributed by atoms with Crippen LogP contribution in [0.2, 0.25) is 0 Å². The molecular weight excluding hydrogens is 176 g/mol. The lowest BCUT2D eigenvalue weighted by atomic mass is 10.2. The van der Waals surface area contributed by atoms with Gasteiger partial charge in [0, 0.05) is 0 Å². The summed E-state index contributed by atoms with van der Waals surface area (Å²) in [7, 11) is 0. The molecule has 14 heavy (non-hydrogen) atoms. The van der Waals surface area contributed by atoms with E-state index < -0.39 is 0 Å². The van der Waals surface area contributed by atoms with Crippen molar-refractivity contribution in [3.63, 3.8) is 0 Å². The van der Waals surface area contributed by atoms with Gasteiger partial charge in [-0.05, 0) is 25.1 Å². The maximum absolute atomic E-state index is 11.3. The van der Waals surface area contributed by atoms with E-state index in [1.165, 1.54) is 6.26 Å². The summed E-state index contributed by atoms with van der Waals surface area (Å²) in [6, 6.07) is 8.84. The van der Waals surface area contributed by atoms with Gasteiger partial charge in [-0.15, -0.1) is 0 Å². The van der Waals surface area contributed by atoms with Crippen LogP contribution in [0.15, 0.2) is 54.8 Å². The molecule has 0 unspecified atom stereocenters. The van der Waals surface area contributed by atoms with E-state index in [0.717, 1.165) is 5.57 Å². The van der Waals surface area contributed by atoms with Crippen molar-refractivity contribution in [3.05, 3.63) is 60.4 Å². The number of rotatable bonds is 3. The quantitative estimate of drug-likeness (QED) is 0.414. The van der Waals surface area contributed by atoms with Crippen molar-refractivity contribution in [1.82, 2.24) is 0 Å². The van der Waals surface area contributed by atoms with Gasteiger partial charge in [0.2, 0.25) is 0 Å². The number of benzene rings is 1. The average Bonchev–Trinajstić information content (AvgIpc) is 2.18. The Hall–Kier alpha value is -1.83. The van der Waals surface area contributed by atoms with Crippen LogP contribution in [-0.2, 0) is 4.74 Å². The van der Waals surface area contributed by atoms with E-state index in [1.54, 1.807) is 30.3 Å². The summed E-state index contributed by atoms with van der Waals surface area (Å²) in [6.07, 6.45) is 2.98. The Kier molecular flexibility index (Phi) is 3.68.